The molecule has 2 atom stereocenters. The third-order valence-electron chi connectivity index (χ3n) is 3.48. The van der Waals surface area contributed by atoms with Gasteiger partial charge in [-0.3, -0.25) is 4.79 Å². The molecule has 0 spiro atoms. The number of ether oxygens (including phenoxy) is 2. The summed E-state index contributed by atoms with van der Waals surface area (Å²) < 4.78 is 9.86. The maximum Gasteiger partial charge on any atom is 0.331 e. The second-order valence-electron chi connectivity index (χ2n) is 5.10. The largest absolute Gasteiger partial charge is 0.497 e. The number of amides is 1. The van der Waals surface area contributed by atoms with Crippen molar-refractivity contribution in [3.63, 3.8) is 0 Å². The van der Waals surface area contributed by atoms with Gasteiger partial charge >= 0.3 is 5.97 Å². The fraction of sp³-hybridized carbons (Fsp3) is 0.500. The average molecular weight is 325 g/mol. The van der Waals surface area contributed by atoms with Crippen LogP contribution in [0, 0.1) is 0 Å². The normalized spacial score (nSPS) is 14.6. The van der Waals surface area contributed by atoms with Gasteiger partial charge in [-0.1, -0.05) is 6.92 Å². The van der Waals surface area contributed by atoms with E-state index in [9.17, 15) is 9.59 Å². The molecule has 0 heterocycles. The lowest BCUT2D eigenvalue weighted by molar-refractivity contribution is -0.150. The minimum absolute atomic E-state index is 0.199. The van der Waals surface area contributed by atoms with Crippen LogP contribution < -0.4 is 10.1 Å². The molecule has 0 aliphatic rings. The fourth-order valence-corrected chi connectivity index (χ4v) is 2.66. The molecule has 0 aliphatic carbocycles. The molecule has 1 N–H and O–H groups in total. The van der Waals surface area contributed by atoms with Crippen molar-refractivity contribution in [3.05, 3.63) is 24.3 Å². The summed E-state index contributed by atoms with van der Waals surface area (Å²) in [5, 5.41) is 2.45. The Labute approximate surface area is 135 Å². The van der Waals surface area contributed by atoms with Gasteiger partial charge in [0.15, 0.2) is 0 Å². The van der Waals surface area contributed by atoms with Gasteiger partial charge < -0.3 is 14.8 Å². The van der Waals surface area contributed by atoms with E-state index in [2.05, 4.69) is 5.32 Å². The molecular weight excluding hydrogens is 302 g/mol. The Hall–Kier alpha value is -1.69. The monoisotopic (exact) mass is 325 g/mol. The molecule has 0 unspecified atom stereocenters. The number of carbonyl (C=O) groups is 2. The smallest absolute Gasteiger partial charge is 0.331 e. The van der Waals surface area contributed by atoms with E-state index in [1.165, 1.54) is 18.9 Å². The van der Waals surface area contributed by atoms with Gasteiger partial charge in [0, 0.05) is 4.90 Å². The highest BCUT2D eigenvalue weighted by Gasteiger charge is 2.35. The van der Waals surface area contributed by atoms with Gasteiger partial charge in [0.1, 0.15) is 11.3 Å². The first kappa shape index (κ1) is 18.4. The van der Waals surface area contributed by atoms with Gasteiger partial charge in [0.25, 0.3) is 0 Å². The van der Waals surface area contributed by atoms with Crippen LogP contribution in [0.4, 0.5) is 0 Å². The molecular formula is C16H23NO4S. The highest BCUT2D eigenvalue weighted by atomic mass is 32.2. The zero-order valence-corrected chi connectivity index (χ0v) is 14.5. The van der Waals surface area contributed by atoms with Crippen molar-refractivity contribution in [2.24, 2.45) is 0 Å². The first-order chi connectivity index (χ1) is 10.4. The minimum atomic E-state index is -0.999. The van der Waals surface area contributed by atoms with Crippen molar-refractivity contribution in [1.29, 1.82) is 0 Å². The molecule has 0 radical (unpaired) electrons. The third kappa shape index (κ3) is 4.66. The second-order valence-corrected chi connectivity index (χ2v) is 6.52. The van der Waals surface area contributed by atoms with E-state index in [-0.39, 0.29) is 11.2 Å². The number of thioether (sulfide) groups is 1. The first-order valence-corrected chi connectivity index (χ1v) is 7.95. The standard InChI is InChI=1S/C16H23NO4S/c1-6-16(3,15(19)21-5)17-14(18)11(2)22-13-9-7-12(20-4)8-10-13/h7-11H,6H2,1-5H3,(H,17,18)/t11-,16+/m0/s1. The number of benzene rings is 1. The summed E-state index contributed by atoms with van der Waals surface area (Å²) in [6, 6.07) is 7.48. The van der Waals surface area contributed by atoms with E-state index in [1.807, 2.05) is 31.2 Å². The number of carbonyl (C=O) groups excluding carboxylic acids is 2. The average Bonchev–Trinajstić information content (AvgIpc) is 2.54. The third-order valence-corrected chi connectivity index (χ3v) is 4.60. The second kappa shape index (κ2) is 8.08. The Morgan fingerprint density at radius 3 is 2.32 bits per heavy atom. The number of hydrogen-bond acceptors (Lipinski definition) is 5. The lowest BCUT2D eigenvalue weighted by Crippen LogP contribution is -2.54. The van der Waals surface area contributed by atoms with Crippen LogP contribution in [0.15, 0.2) is 29.2 Å². The summed E-state index contributed by atoms with van der Waals surface area (Å²) >= 11 is 1.42. The zero-order chi connectivity index (χ0) is 16.8. The molecule has 22 heavy (non-hydrogen) atoms. The van der Waals surface area contributed by atoms with Gasteiger partial charge in [0.05, 0.1) is 19.5 Å². The lowest BCUT2D eigenvalue weighted by Gasteiger charge is -2.27. The van der Waals surface area contributed by atoms with Crippen molar-refractivity contribution < 1.29 is 19.1 Å². The zero-order valence-electron chi connectivity index (χ0n) is 13.6. The van der Waals surface area contributed by atoms with Gasteiger partial charge in [-0.25, -0.2) is 4.79 Å². The van der Waals surface area contributed by atoms with Crippen LogP contribution in [0.1, 0.15) is 27.2 Å². The number of hydrogen-bond donors (Lipinski definition) is 1. The molecule has 5 nitrogen and oxygen atoms in total. The van der Waals surface area contributed by atoms with Gasteiger partial charge in [-0.05, 0) is 44.5 Å². The van der Waals surface area contributed by atoms with E-state index >= 15 is 0 Å². The Morgan fingerprint density at radius 2 is 1.86 bits per heavy atom. The van der Waals surface area contributed by atoms with Crippen LogP contribution in [0.25, 0.3) is 0 Å². The number of methoxy groups -OCH3 is 2. The Bertz CT molecular complexity index is 517. The number of nitrogens with one attached hydrogen (secondary N) is 1. The molecule has 0 fully saturated rings. The summed E-state index contributed by atoms with van der Waals surface area (Å²) in [5.74, 6) is 0.131. The van der Waals surface area contributed by atoms with E-state index < -0.39 is 11.5 Å². The Morgan fingerprint density at radius 1 is 1.27 bits per heavy atom. The van der Waals surface area contributed by atoms with Crippen molar-refractivity contribution >= 4 is 23.6 Å². The fourth-order valence-electron chi connectivity index (χ4n) is 1.79. The van der Waals surface area contributed by atoms with Crippen LogP contribution in [-0.4, -0.2) is 36.9 Å². The summed E-state index contributed by atoms with van der Waals surface area (Å²) in [7, 11) is 2.93. The quantitative estimate of drug-likeness (QED) is 0.617. The first-order valence-electron chi connectivity index (χ1n) is 7.07. The molecule has 1 aromatic carbocycles. The van der Waals surface area contributed by atoms with Gasteiger partial charge in [-0.2, -0.15) is 0 Å². The maximum atomic E-state index is 12.3. The predicted octanol–water partition coefficient (Wildman–Crippen LogP) is 2.63. The van der Waals surface area contributed by atoms with Crippen molar-refractivity contribution in [2.45, 2.75) is 42.9 Å². The number of esters is 1. The van der Waals surface area contributed by atoms with Crippen LogP contribution in [-0.2, 0) is 14.3 Å². The molecule has 1 aromatic rings. The lowest BCUT2D eigenvalue weighted by atomic mass is 9.99. The van der Waals surface area contributed by atoms with Gasteiger partial charge in [-0.15, -0.1) is 11.8 Å². The Kier molecular flexibility index (Phi) is 6.74. The molecule has 122 valence electrons. The molecule has 0 aliphatic heterocycles. The van der Waals surface area contributed by atoms with Crippen molar-refractivity contribution in [1.82, 2.24) is 5.32 Å². The van der Waals surface area contributed by atoms with E-state index in [4.69, 9.17) is 9.47 Å². The van der Waals surface area contributed by atoms with E-state index in [1.54, 1.807) is 21.0 Å². The highest BCUT2D eigenvalue weighted by Crippen LogP contribution is 2.26. The summed E-state index contributed by atoms with van der Waals surface area (Å²) in [6.45, 7) is 5.30. The van der Waals surface area contributed by atoms with Crippen LogP contribution in [0.3, 0.4) is 0 Å². The molecule has 0 aromatic heterocycles. The van der Waals surface area contributed by atoms with Gasteiger partial charge in [0.2, 0.25) is 5.91 Å². The molecule has 1 amide bonds. The minimum Gasteiger partial charge on any atom is -0.497 e. The molecule has 0 saturated carbocycles. The maximum absolute atomic E-state index is 12.3. The molecule has 1 rings (SSSR count). The van der Waals surface area contributed by atoms with Crippen molar-refractivity contribution in [3.8, 4) is 5.75 Å². The summed E-state index contributed by atoms with van der Waals surface area (Å²) in [4.78, 5) is 25.1. The van der Waals surface area contributed by atoms with E-state index in [0.29, 0.717) is 6.42 Å². The Balaban J connectivity index is 2.69. The summed E-state index contributed by atoms with van der Waals surface area (Å²) in [5.41, 5.74) is -0.999. The summed E-state index contributed by atoms with van der Waals surface area (Å²) in [6.07, 6.45) is 0.464. The molecule has 0 saturated heterocycles. The SMILES string of the molecule is CC[C@@](C)(NC(=O)[C@H](C)Sc1ccc(OC)cc1)C(=O)OC. The topological polar surface area (TPSA) is 64.6 Å². The molecule has 0 bridgehead atoms. The van der Waals surface area contributed by atoms with Crippen LogP contribution in [0.2, 0.25) is 0 Å². The van der Waals surface area contributed by atoms with Crippen LogP contribution >= 0.6 is 11.8 Å². The predicted molar refractivity (Wildman–Crippen MR) is 87.2 cm³/mol. The van der Waals surface area contributed by atoms with Crippen LogP contribution in [0.5, 0.6) is 5.75 Å². The molecule has 6 heteroatoms. The van der Waals surface area contributed by atoms with E-state index in [0.717, 1.165) is 10.6 Å². The highest BCUT2D eigenvalue weighted by molar-refractivity contribution is 8.00. The van der Waals surface area contributed by atoms with Crippen molar-refractivity contribution in [2.75, 3.05) is 14.2 Å². The number of rotatable bonds is 7.